The van der Waals surface area contributed by atoms with Crippen molar-refractivity contribution in [1.29, 1.82) is 0 Å². The van der Waals surface area contributed by atoms with E-state index in [9.17, 15) is 4.79 Å². The summed E-state index contributed by atoms with van der Waals surface area (Å²) < 4.78 is 5.90. The number of nitrogens with zero attached hydrogens (tertiary/aromatic N) is 1. The van der Waals surface area contributed by atoms with E-state index in [0.29, 0.717) is 11.5 Å². The Bertz CT molecular complexity index is 1280. The maximum atomic E-state index is 12.4. The summed E-state index contributed by atoms with van der Waals surface area (Å²) >= 11 is 5.35. The van der Waals surface area contributed by atoms with Crippen LogP contribution in [0.15, 0.2) is 65.1 Å². The van der Waals surface area contributed by atoms with Crippen LogP contribution in [0.4, 0.5) is 5.69 Å². The van der Waals surface area contributed by atoms with Gasteiger partial charge in [0.25, 0.3) is 5.91 Å². The monoisotopic (exact) mass is 415 g/mol. The summed E-state index contributed by atoms with van der Waals surface area (Å²) in [6.07, 6.45) is 0. The molecule has 1 heterocycles. The molecule has 1 amide bonds. The van der Waals surface area contributed by atoms with Gasteiger partial charge in [-0.1, -0.05) is 29.8 Å². The van der Waals surface area contributed by atoms with Crippen LogP contribution in [0.3, 0.4) is 0 Å². The molecule has 0 aliphatic heterocycles. The smallest absolute Gasteiger partial charge is 0.257 e. The third-order valence-electron chi connectivity index (χ3n) is 4.78. The van der Waals surface area contributed by atoms with E-state index in [0.717, 1.165) is 39.0 Å². The summed E-state index contributed by atoms with van der Waals surface area (Å²) in [6.45, 7) is 5.93. The summed E-state index contributed by atoms with van der Waals surface area (Å²) in [5.74, 6) is 0.285. The molecule has 1 aromatic heterocycles. The van der Waals surface area contributed by atoms with Crippen LogP contribution in [-0.4, -0.2) is 16.0 Å². The van der Waals surface area contributed by atoms with Gasteiger partial charge in [-0.25, -0.2) is 4.98 Å². The second kappa shape index (κ2) is 8.08. The van der Waals surface area contributed by atoms with Crippen molar-refractivity contribution in [2.45, 2.75) is 20.8 Å². The molecule has 0 radical (unpaired) electrons. The van der Waals surface area contributed by atoms with Gasteiger partial charge in [-0.15, -0.1) is 0 Å². The number of hydrogen-bond donors (Lipinski definition) is 2. The van der Waals surface area contributed by atoms with Crippen LogP contribution in [0, 0.1) is 20.8 Å². The van der Waals surface area contributed by atoms with Gasteiger partial charge in [-0.3, -0.25) is 10.1 Å². The zero-order valence-corrected chi connectivity index (χ0v) is 17.8. The molecule has 30 heavy (non-hydrogen) atoms. The highest BCUT2D eigenvalue weighted by Crippen LogP contribution is 2.28. The number of aryl methyl sites for hydroxylation is 3. The first kappa shape index (κ1) is 19.8. The Morgan fingerprint density at radius 2 is 1.77 bits per heavy atom. The third-order valence-corrected chi connectivity index (χ3v) is 4.99. The minimum absolute atomic E-state index is 0.231. The maximum absolute atomic E-state index is 12.4. The summed E-state index contributed by atoms with van der Waals surface area (Å²) in [6, 6.07) is 19.1. The molecule has 0 saturated carbocycles. The topological polar surface area (TPSA) is 67.2 Å². The van der Waals surface area contributed by atoms with Crippen LogP contribution in [0.25, 0.3) is 22.6 Å². The second-order valence-electron chi connectivity index (χ2n) is 7.30. The number of carbonyl (C=O) groups is 1. The van der Waals surface area contributed by atoms with Gasteiger partial charge in [0, 0.05) is 16.8 Å². The molecule has 6 heteroatoms. The van der Waals surface area contributed by atoms with E-state index >= 15 is 0 Å². The van der Waals surface area contributed by atoms with Gasteiger partial charge < -0.3 is 9.73 Å². The number of rotatable bonds is 3. The lowest BCUT2D eigenvalue weighted by Crippen LogP contribution is -2.34. The number of hydrogen-bond acceptors (Lipinski definition) is 4. The van der Waals surface area contributed by atoms with Gasteiger partial charge >= 0.3 is 0 Å². The van der Waals surface area contributed by atoms with Crippen molar-refractivity contribution in [3.05, 3.63) is 82.9 Å². The fraction of sp³-hybridized carbons (Fsp3) is 0.125. The molecule has 0 spiro atoms. The molecule has 0 aliphatic carbocycles. The zero-order valence-electron chi connectivity index (χ0n) is 16.9. The Morgan fingerprint density at radius 1 is 0.967 bits per heavy atom. The highest BCUT2D eigenvalue weighted by molar-refractivity contribution is 7.80. The normalized spacial score (nSPS) is 10.8. The van der Waals surface area contributed by atoms with Crippen molar-refractivity contribution in [1.82, 2.24) is 10.3 Å². The van der Waals surface area contributed by atoms with Crippen LogP contribution < -0.4 is 10.6 Å². The van der Waals surface area contributed by atoms with Crippen molar-refractivity contribution in [2.24, 2.45) is 0 Å². The number of nitrogens with one attached hydrogen (secondary N) is 2. The van der Waals surface area contributed by atoms with Gasteiger partial charge in [0.05, 0.1) is 0 Å². The van der Waals surface area contributed by atoms with E-state index in [4.69, 9.17) is 16.6 Å². The lowest BCUT2D eigenvalue weighted by Gasteiger charge is -2.13. The minimum Gasteiger partial charge on any atom is -0.436 e. The average molecular weight is 416 g/mol. The molecule has 5 nitrogen and oxygen atoms in total. The lowest BCUT2D eigenvalue weighted by molar-refractivity contribution is 0.0977. The van der Waals surface area contributed by atoms with Crippen molar-refractivity contribution >= 4 is 40.0 Å². The molecule has 2 N–H and O–H groups in total. The van der Waals surface area contributed by atoms with Crippen molar-refractivity contribution in [3.63, 3.8) is 0 Å². The molecule has 0 aliphatic rings. The number of anilines is 1. The fourth-order valence-corrected chi connectivity index (χ4v) is 3.37. The Labute approximate surface area is 180 Å². The first-order valence-electron chi connectivity index (χ1n) is 9.56. The van der Waals surface area contributed by atoms with Gasteiger partial charge in [-0.2, -0.15) is 0 Å². The number of thiocarbonyl (C=S) groups is 1. The molecule has 150 valence electrons. The Kier molecular flexibility index (Phi) is 5.33. The number of carbonyl (C=O) groups excluding carboxylic acids is 1. The predicted octanol–water partition coefficient (Wildman–Crippen LogP) is 5.55. The van der Waals surface area contributed by atoms with Crippen LogP contribution >= 0.6 is 12.2 Å². The van der Waals surface area contributed by atoms with E-state index in [2.05, 4.69) is 15.6 Å². The summed E-state index contributed by atoms with van der Waals surface area (Å²) in [4.78, 5) is 17.0. The van der Waals surface area contributed by atoms with Crippen LogP contribution in [-0.2, 0) is 0 Å². The van der Waals surface area contributed by atoms with Gasteiger partial charge in [0.2, 0.25) is 5.89 Å². The third kappa shape index (κ3) is 4.23. The maximum Gasteiger partial charge on any atom is 0.257 e. The van der Waals surface area contributed by atoms with E-state index in [1.165, 1.54) is 0 Å². The van der Waals surface area contributed by atoms with Crippen LogP contribution in [0.2, 0.25) is 0 Å². The highest BCUT2D eigenvalue weighted by atomic mass is 32.1. The molecule has 0 fully saturated rings. The molecular weight excluding hydrogens is 394 g/mol. The van der Waals surface area contributed by atoms with Gasteiger partial charge in [0.1, 0.15) is 5.52 Å². The lowest BCUT2D eigenvalue weighted by atomic mass is 10.1. The number of aromatic nitrogens is 1. The SMILES string of the molecule is Cc1cccc(C(=O)NC(=S)Nc2cc(-c3nc4cc(C)ccc4o3)ccc2C)c1. The van der Waals surface area contributed by atoms with Crippen LogP contribution in [0.1, 0.15) is 27.0 Å². The molecule has 0 saturated heterocycles. The summed E-state index contributed by atoms with van der Waals surface area (Å²) in [5, 5.41) is 6.07. The van der Waals surface area contributed by atoms with Gasteiger partial charge in [0.15, 0.2) is 10.7 Å². The van der Waals surface area contributed by atoms with E-state index in [1.807, 2.05) is 75.4 Å². The van der Waals surface area contributed by atoms with E-state index < -0.39 is 0 Å². The number of amides is 1. The van der Waals surface area contributed by atoms with E-state index in [-0.39, 0.29) is 11.0 Å². The predicted molar refractivity (Wildman–Crippen MR) is 124 cm³/mol. The number of benzene rings is 3. The minimum atomic E-state index is -0.251. The zero-order chi connectivity index (χ0) is 21.3. The fourth-order valence-electron chi connectivity index (χ4n) is 3.17. The first-order valence-corrected chi connectivity index (χ1v) is 9.97. The van der Waals surface area contributed by atoms with Gasteiger partial charge in [-0.05, 0) is 80.5 Å². The second-order valence-corrected chi connectivity index (χ2v) is 7.71. The van der Waals surface area contributed by atoms with E-state index in [1.54, 1.807) is 6.07 Å². The van der Waals surface area contributed by atoms with Crippen molar-refractivity contribution in [2.75, 3.05) is 5.32 Å². The molecule has 3 aromatic carbocycles. The van der Waals surface area contributed by atoms with Crippen molar-refractivity contribution < 1.29 is 9.21 Å². The number of oxazole rings is 1. The Hall–Kier alpha value is -3.51. The van der Waals surface area contributed by atoms with Crippen LogP contribution in [0.5, 0.6) is 0 Å². The Morgan fingerprint density at radius 3 is 2.57 bits per heavy atom. The molecule has 4 rings (SSSR count). The largest absolute Gasteiger partial charge is 0.436 e. The molecule has 0 bridgehead atoms. The molecule has 0 unspecified atom stereocenters. The standard InChI is InChI=1S/C24H21N3O2S/c1-14-5-4-6-17(11-14)22(28)27-24(30)26-19-13-18(9-8-16(19)3)23-25-20-12-15(2)7-10-21(20)29-23/h4-13H,1-3H3,(H2,26,27,28,30). The number of fused-ring (bicyclic) bond motifs is 1. The molecular formula is C24H21N3O2S. The highest BCUT2D eigenvalue weighted by Gasteiger charge is 2.12. The molecule has 0 atom stereocenters. The summed E-state index contributed by atoms with van der Waals surface area (Å²) in [7, 11) is 0. The molecule has 4 aromatic rings. The quantitative estimate of drug-likeness (QED) is 0.430. The summed E-state index contributed by atoms with van der Waals surface area (Å²) in [5.41, 5.74) is 6.85. The van der Waals surface area contributed by atoms with Crippen molar-refractivity contribution in [3.8, 4) is 11.5 Å². The first-order chi connectivity index (χ1) is 14.4. The Balaban J connectivity index is 1.54. The average Bonchev–Trinajstić information content (AvgIpc) is 3.12.